The molecule has 0 bridgehead atoms. The molecule has 3 rings (SSSR count). The van der Waals surface area contributed by atoms with E-state index in [4.69, 9.17) is 0 Å². The molecule has 19 heavy (non-hydrogen) atoms. The molecule has 0 unspecified atom stereocenters. The molecule has 0 fully saturated rings. The molecular formula is C13H8Br2N4. The second kappa shape index (κ2) is 5.22. The van der Waals surface area contributed by atoms with Gasteiger partial charge in [-0.05, 0) is 44.0 Å². The molecule has 2 aromatic heterocycles. The van der Waals surface area contributed by atoms with E-state index in [0.29, 0.717) is 0 Å². The number of anilines is 2. The lowest BCUT2D eigenvalue weighted by atomic mass is 10.2. The number of hydrogen-bond acceptors (Lipinski definition) is 4. The maximum absolute atomic E-state index is 4.43. The first kappa shape index (κ1) is 12.5. The lowest BCUT2D eigenvalue weighted by Crippen LogP contribution is -1.96. The molecule has 1 aromatic carbocycles. The maximum Gasteiger partial charge on any atom is 0.134 e. The van der Waals surface area contributed by atoms with Crippen LogP contribution in [0.3, 0.4) is 0 Å². The summed E-state index contributed by atoms with van der Waals surface area (Å²) in [5, 5.41) is 4.31. The summed E-state index contributed by atoms with van der Waals surface area (Å²) < 4.78 is 1.70. The van der Waals surface area contributed by atoms with Crippen molar-refractivity contribution in [3.8, 4) is 0 Å². The molecule has 0 saturated carbocycles. The van der Waals surface area contributed by atoms with Crippen LogP contribution in [0.15, 0.2) is 51.9 Å². The van der Waals surface area contributed by atoms with Crippen LogP contribution in [0.4, 0.5) is 11.5 Å². The molecule has 0 radical (unpaired) electrons. The first-order valence-electron chi connectivity index (χ1n) is 5.51. The van der Waals surface area contributed by atoms with E-state index < -0.39 is 0 Å². The highest BCUT2D eigenvalue weighted by atomic mass is 79.9. The van der Waals surface area contributed by atoms with E-state index >= 15 is 0 Å². The largest absolute Gasteiger partial charge is 0.338 e. The molecule has 3 aromatic rings. The SMILES string of the molecule is Brc1cnc2c(Nc3cc(Br)ncn3)cccc2c1. The number of rotatable bonds is 2. The molecule has 0 saturated heterocycles. The fourth-order valence-corrected chi connectivity index (χ4v) is 2.43. The van der Waals surface area contributed by atoms with Crippen molar-refractivity contribution < 1.29 is 0 Å². The highest BCUT2D eigenvalue weighted by molar-refractivity contribution is 9.10. The van der Waals surface area contributed by atoms with E-state index in [2.05, 4.69) is 52.1 Å². The van der Waals surface area contributed by atoms with Gasteiger partial charge in [-0.1, -0.05) is 12.1 Å². The van der Waals surface area contributed by atoms with Crippen molar-refractivity contribution in [1.29, 1.82) is 0 Å². The highest BCUT2D eigenvalue weighted by Crippen LogP contribution is 2.26. The summed E-state index contributed by atoms with van der Waals surface area (Å²) in [6, 6.07) is 9.82. The van der Waals surface area contributed by atoms with Gasteiger partial charge in [0.15, 0.2) is 0 Å². The van der Waals surface area contributed by atoms with E-state index in [1.165, 1.54) is 6.33 Å². The Balaban J connectivity index is 2.06. The summed E-state index contributed by atoms with van der Waals surface area (Å²) in [5.74, 6) is 0.721. The zero-order valence-electron chi connectivity index (χ0n) is 9.64. The van der Waals surface area contributed by atoms with E-state index in [9.17, 15) is 0 Å². The predicted octanol–water partition coefficient (Wildman–Crippen LogP) is 4.29. The second-order valence-electron chi connectivity index (χ2n) is 3.88. The third-order valence-electron chi connectivity index (χ3n) is 2.57. The van der Waals surface area contributed by atoms with Crippen molar-refractivity contribution in [1.82, 2.24) is 15.0 Å². The first-order chi connectivity index (χ1) is 9.22. The predicted molar refractivity (Wildman–Crippen MR) is 82.5 cm³/mol. The molecule has 4 nitrogen and oxygen atoms in total. The Kier molecular flexibility index (Phi) is 3.44. The number of nitrogens with zero attached hydrogens (tertiary/aromatic N) is 3. The van der Waals surface area contributed by atoms with Crippen LogP contribution in [-0.2, 0) is 0 Å². The van der Waals surface area contributed by atoms with Gasteiger partial charge >= 0.3 is 0 Å². The van der Waals surface area contributed by atoms with Gasteiger partial charge < -0.3 is 5.32 Å². The van der Waals surface area contributed by atoms with E-state index in [1.54, 1.807) is 6.20 Å². The fourth-order valence-electron chi connectivity index (χ4n) is 1.77. The van der Waals surface area contributed by atoms with Gasteiger partial charge in [0.25, 0.3) is 0 Å². The summed E-state index contributed by atoms with van der Waals surface area (Å²) in [7, 11) is 0. The summed E-state index contributed by atoms with van der Waals surface area (Å²) >= 11 is 6.75. The third kappa shape index (κ3) is 2.74. The van der Waals surface area contributed by atoms with Crippen molar-refractivity contribution in [3.63, 3.8) is 0 Å². The standard InChI is InChI=1S/C13H8Br2N4/c14-9-4-8-2-1-3-10(13(8)16-6-9)19-12-5-11(15)17-7-18-12/h1-7H,(H,17,18,19). The Morgan fingerprint density at radius 1 is 1.00 bits per heavy atom. The topological polar surface area (TPSA) is 50.7 Å². The van der Waals surface area contributed by atoms with Crippen LogP contribution >= 0.6 is 31.9 Å². The average molecular weight is 380 g/mol. The Bertz CT molecular complexity index is 746. The highest BCUT2D eigenvalue weighted by Gasteiger charge is 2.04. The van der Waals surface area contributed by atoms with Gasteiger partial charge in [-0.3, -0.25) is 4.98 Å². The second-order valence-corrected chi connectivity index (χ2v) is 5.61. The van der Waals surface area contributed by atoms with Gasteiger partial charge in [0.05, 0.1) is 11.2 Å². The van der Waals surface area contributed by atoms with Gasteiger partial charge in [-0.15, -0.1) is 0 Å². The Labute approximate surface area is 126 Å². The Hall–Kier alpha value is -1.53. The minimum absolute atomic E-state index is 0.721. The van der Waals surface area contributed by atoms with Crippen molar-refractivity contribution in [2.24, 2.45) is 0 Å². The molecule has 6 heteroatoms. The van der Waals surface area contributed by atoms with Crippen molar-refractivity contribution in [3.05, 3.63) is 51.9 Å². The number of benzene rings is 1. The molecule has 1 N–H and O–H groups in total. The maximum atomic E-state index is 4.43. The van der Waals surface area contributed by atoms with Gasteiger partial charge in [-0.25, -0.2) is 9.97 Å². The zero-order valence-corrected chi connectivity index (χ0v) is 12.8. The zero-order chi connectivity index (χ0) is 13.2. The molecule has 0 aliphatic carbocycles. The van der Waals surface area contributed by atoms with Crippen molar-refractivity contribution in [2.45, 2.75) is 0 Å². The van der Waals surface area contributed by atoms with E-state index in [1.807, 2.05) is 30.3 Å². The number of para-hydroxylation sites is 1. The minimum Gasteiger partial charge on any atom is -0.338 e. The van der Waals surface area contributed by atoms with E-state index in [-0.39, 0.29) is 0 Å². The van der Waals surface area contributed by atoms with Gasteiger partial charge in [0, 0.05) is 22.1 Å². The van der Waals surface area contributed by atoms with Crippen molar-refractivity contribution >= 4 is 54.3 Å². The van der Waals surface area contributed by atoms with Gasteiger partial charge in [-0.2, -0.15) is 0 Å². The molecule has 94 valence electrons. The smallest absolute Gasteiger partial charge is 0.134 e. The number of hydrogen-bond donors (Lipinski definition) is 1. The molecule has 0 spiro atoms. The van der Waals surface area contributed by atoms with Crippen molar-refractivity contribution in [2.75, 3.05) is 5.32 Å². The Morgan fingerprint density at radius 3 is 2.74 bits per heavy atom. The molecule has 0 atom stereocenters. The average Bonchev–Trinajstić information content (AvgIpc) is 2.38. The summed E-state index contributed by atoms with van der Waals surface area (Å²) in [5.41, 5.74) is 1.82. The quantitative estimate of drug-likeness (QED) is 0.674. The molecule has 0 amide bonds. The summed E-state index contributed by atoms with van der Waals surface area (Å²) in [6.45, 7) is 0. The third-order valence-corrected chi connectivity index (χ3v) is 3.44. The molecular weight excluding hydrogens is 372 g/mol. The normalized spacial score (nSPS) is 10.6. The lowest BCUT2D eigenvalue weighted by molar-refractivity contribution is 1.14. The molecule has 0 aliphatic heterocycles. The van der Waals surface area contributed by atoms with Crippen LogP contribution in [0, 0.1) is 0 Å². The van der Waals surface area contributed by atoms with Crippen LogP contribution in [0.2, 0.25) is 0 Å². The van der Waals surface area contributed by atoms with Crippen LogP contribution in [0.5, 0.6) is 0 Å². The number of nitrogens with one attached hydrogen (secondary N) is 1. The van der Waals surface area contributed by atoms with Gasteiger partial charge in [0.2, 0.25) is 0 Å². The first-order valence-corrected chi connectivity index (χ1v) is 7.10. The minimum atomic E-state index is 0.721. The number of pyridine rings is 1. The van der Waals surface area contributed by atoms with Crippen LogP contribution in [0.25, 0.3) is 10.9 Å². The fraction of sp³-hybridized carbons (Fsp3) is 0. The number of fused-ring (bicyclic) bond motifs is 1. The molecule has 2 heterocycles. The molecule has 0 aliphatic rings. The number of aromatic nitrogens is 3. The van der Waals surface area contributed by atoms with Crippen LogP contribution in [-0.4, -0.2) is 15.0 Å². The number of halogens is 2. The van der Waals surface area contributed by atoms with Gasteiger partial charge in [0.1, 0.15) is 16.7 Å². The lowest BCUT2D eigenvalue weighted by Gasteiger charge is -2.08. The Morgan fingerprint density at radius 2 is 1.89 bits per heavy atom. The van der Waals surface area contributed by atoms with Crippen LogP contribution < -0.4 is 5.32 Å². The van der Waals surface area contributed by atoms with Crippen LogP contribution in [0.1, 0.15) is 0 Å². The van der Waals surface area contributed by atoms with E-state index in [0.717, 1.165) is 31.5 Å². The summed E-state index contributed by atoms with van der Waals surface area (Å²) in [4.78, 5) is 12.6. The monoisotopic (exact) mass is 378 g/mol. The summed E-state index contributed by atoms with van der Waals surface area (Å²) in [6.07, 6.45) is 3.28.